The van der Waals surface area contributed by atoms with E-state index in [4.69, 9.17) is 9.47 Å². The number of pyridine rings is 1. The molecule has 0 aliphatic carbocycles. The molecule has 7 nitrogen and oxygen atoms in total. The standard InChI is InChI=1S/C20H24N2O5/c1-20(2,3)27-17(23)10-9-16(19(25)26-4)22-18(24)14-11-13-7-5-6-8-15(13)21-12-14/h5-8,11-12,16H,9-10H2,1-4H3,(H,22,24)/t16-/m1/s1. The first-order valence-electron chi connectivity index (χ1n) is 8.65. The Hall–Kier alpha value is -2.96. The van der Waals surface area contributed by atoms with Crippen molar-refractivity contribution in [3.63, 3.8) is 0 Å². The summed E-state index contributed by atoms with van der Waals surface area (Å²) in [5, 5.41) is 3.42. The number of benzene rings is 1. The van der Waals surface area contributed by atoms with Crippen LogP contribution in [0, 0.1) is 0 Å². The van der Waals surface area contributed by atoms with Crippen molar-refractivity contribution in [3.8, 4) is 0 Å². The number of rotatable bonds is 6. The maximum Gasteiger partial charge on any atom is 0.328 e. The van der Waals surface area contributed by atoms with Crippen LogP contribution < -0.4 is 5.32 Å². The molecule has 0 radical (unpaired) electrons. The summed E-state index contributed by atoms with van der Waals surface area (Å²) in [6.07, 6.45) is 1.50. The molecule has 2 rings (SSSR count). The lowest BCUT2D eigenvalue weighted by molar-refractivity contribution is -0.155. The Bertz CT molecular complexity index is 842. The average molecular weight is 372 g/mol. The Morgan fingerprint density at radius 3 is 2.56 bits per heavy atom. The zero-order chi connectivity index (χ0) is 20.0. The van der Waals surface area contributed by atoms with Crippen molar-refractivity contribution in [1.29, 1.82) is 0 Å². The van der Waals surface area contributed by atoms with Crippen LogP contribution in [0.25, 0.3) is 10.9 Å². The minimum absolute atomic E-state index is 0.0205. The SMILES string of the molecule is COC(=O)[C@@H](CCC(=O)OC(C)(C)C)NC(=O)c1cnc2ccccc2c1. The number of hydrogen-bond donors (Lipinski definition) is 1. The van der Waals surface area contributed by atoms with Crippen molar-refractivity contribution in [2.45, 2.75) is 45.3 Å². The number of nitrogens with one attached hydrogen (secondary N) is 1. The normalized spacial score (nSPS) is 12.3. The molecule has 27 heavy (non-hydrogen) atoms. The number of amides is 1. The highest BCUT2D eigenvalue weighted by atomic mass is 16.6. The van der Waals surface area contributed by atoms with Crippen LogP contribution in [-0.4, -0.2) is 41.6 Å². The van der Waals surface area contributed by atoms with Crippen LogP contribution in [0.2, 0.25) is 0 Å². The number of carbonyl (C=O) groups is 3. The van der Waals surface area contributed by atoms with E-state index >= 15 is 0 Å². The zero-order valence-electron chi connectivity index (χ0n) is 15.9. The Morgan fingerprint density at radius 2 is 1.89 bits per heavy atom. The minimum Gasteiger partial charge on any atom is -0.467 e. The number of para-hydroxylation sites is 1. The molecule has 0 aliphatic heterocycles. The van der Waals surface area contributed by atoms with Gasteiger partial charge in [0.05, 0.1) is 18.2 Å². The van der Waals surface area contributed by atoms with Gasteiger partial charge in [-0.1, -0.05) is 18.2 Å². The summed E-state index contributed by atoms with van der Waals surface area (Å²) in [7, 11) is 1.23. The Kier molecular flexibility index (Phi) is 6.50. The van der Waals surface area contributed by atoms with E-state index in [9.17, 15) is 14.4 Å². The molecule has 1 aromatic heterocycles. The second-order valence-electron chi connectivity index (χ2n) is 7.09. The Morgan fingerprint density at radius 1 is 1.19 bits per heavy atom. The van der Waals surface area contributed by atoms with Gasteiger partial charge in [0.2, 0.25) is 0 Å². The lowest BCUT2D eigenvalue weighted by atomic mass is 10.1. The van der Waals surface area contributed by atoms with Crippen molar-refractivity contribution in [2.75, 3.05) is 7.11 Å². The Balaban J connectivity index is 2.06. The first-order valence-corrected chi connectivity index (χ1v) is 8.65. The molecule has 0 saturated carbocycles. The summed E-state index contributed by atoms with van der Waals surface area (Å²) >= 11 is 0. The molecule has 1 N–H and O–H groups in total. The van der Waals surface area contributed by atoms with E-state index in [1.165, 1.54) is 13.3 Å². The topological polar surface area (TPSA) is 94.6 Å². The molecule has 0 saturated heterocycles. The number of nitrogens with zero attached hydrogens (tertiary/aromatic N) is 1. The lowest BCUT2D eigenvalue weighted by Crippen LogP contribution is -2.42. The molecule has 1 atom stereocenters. The molecule has 1 aromatic carbocycles. The Labute approximate surface area is 158 Å². The molecule has 144 valence electrons. The van der Waals surface area contributed by atoms with E-state index < -0.39 is 29.5 Å². The third-order valence-electron chi connectivity index (χ3n) is 3.70. The highest BCUT2D eigenvalue weighted by Gasteiger charge is 2.25. The summed E-state index contributed by atoms with van der Waals surface area (Å²) in [5.41, 5.74) is 0.473. The van der Waals surface area contributed by atoms with Crippen LogP contribution in [0.4, 0.5) is 0 Å². The summed E-state index contributed by atoms with van der Waals surface area (Å²) < 4.78 is 9.96. The second-order valence-corrected chi connectivity index (χ2v) is 7.09. The van der Waals surface area contributed by atoms with Crippen molar-refractivity contribution < 1.29 is 23.9 Å². The van der Waals surface area contributed by atoms with Crippen molar-refractivity contribution in [3.05, 3.63) is 42.1 Å². The highest BCUT2D eigenvalue weighted by Crippen LogP contribution is 2.14. The summed E-state index contributed by atoms with van der Waals surface area (Å²) in [6.45, 7) is 5.28. The van der Waals surface area contributed by atoms with E-state index in [2.05, 4.69) is 10.3 Å². The van der Waals surface area contributed by atoms with Gasteiger partial charge in [0, 0.05) is 18.0 Å². The number of aromatic nitrogens is 1. The molecule has 0 spiro atoms. The van der Waals surface area contributed by atoms with Crippen LogP contribution in [0.15, 0.2) is 36.5 Å². The third kappa shape index (κ3) is 6.06. The maximum absolute atomic E-state index is 12.5. The van der Waals surface area contributed by atoms with Gasteiger partial charge in [-0.2, -0.15) is 0 Å². The first kappa shape index (κ1) is 20.4. The first-order chi connectivity index (χ1) is 12.7. The maximum atomic E-state index is 12.5. The van der Waals surface area contributed by atoms with Gasteiger partial charge >= 0.3 is 11.9 Å². The van der Waals surface area contributed by atoms with Gasteiger partial charge in [-0.15, -0.1) is 0 Å². The van der Waals surface area contributed by atoms with Crippen molar-refractivity contribution in [1.82, 2.24) is 10.3 Å². The van der Waals surface area contributed by atoms with Crippen molar-refractivity contribution >= 4 is 28.7 Å². The van der Waals surface area contributed by atoms with E-state index in [-0.39, 0.29) is 12.8 Å². The zero-order valence-corrected chi connectivity index (χ0v) is 15.9. The van der Waals surface area contributed by atoms with Gasteiger partial charge in [-0.3, -0.25) is 14.6 Å². The van der Waals surface area contributed by atoms with E-state index in [1.807, 2.05) is 24.3 Å². The quantitative estimate of drug-likeness (QED) is 0.784. The smallest absolute Gasteiger partial charge is 0.328 e. The fourth-order valence-corrected chi connectivity index (χ4v) is 2.48. The van der Waals surface area contributed by atoms with Gasteiger partial charge < -0.3 is 14.8 Å². The molecule has 0 aliphatic rings. The second kappa shape index (κ2) is 8.62. The molecule has 2 aromatic rings. The monoisotopic (exact) mass is 372 g/mol. The largest absolute Gasteiger partial charge is 0.467 e. The van der Waals surface area contributed by atoms with Crippen LogP contribution in [0.5, 0.6) is 0 Å². The van der Waals surface area contributed by atoms with Gasteiger partial charge in [0.15, 0.2) is 0 Å². The molecule has 0 fully saturated rings. The molecule has 1 amide bonds. The molecule has 0 bridgehead atoms. The molecular weight excluding hydrogens is 348 g/mol. The van der Waals surface area contributed by atoms with Gasteiger partial charge in [-0.25, -0.2) is 4.79 Å². The molecule has 1 heterocycles. The van der Waals surface area contributed by atoms with Crippen LogP contribution in [0.1, 0.15) is 44.0 Å². The lowest BCUT2D eigenvalue weighted by Gasteiger charge is -2.21. The van der Waals surface area contributed by atoms with E-state index in [0.29, 0.717) is 5.56 Å². The van der Waals surface area contributed by atoms with Gasteiger partial charge in [0.25, 0.3) is 5.91 Å². The summed E-state index contributed by atoms with van der Waals surface area (Å²) in [4.78, 5) is 40.6. The summed E-state index contributed by atoms with van der Waals surface area (Å²) in [6, 6.07) is 8.14. The van der Waals surface area contributed by atoms with Crippen LogP contribution in [-0.2, 0) is 19.1 Å². The average Bonchev–Trinajstić information content (AvgIpc) is 2.62. The fourth-order valence-electron chi connectivity index (χ4n) is 2.48. The number of esters is 2. The van der Waals surface area contributed by atoms with E-state index in [0.717, 1.165) is 10.9 Å². The number of fused-ring (bicyclic) bond motifs is 1. The fraction of sp³-hybridized carbons (Fsp3) is 0.400. The molecular formula is C20H24N2O5. The van der Waals surface area contributed by atoms with Crippen LogP contribution in [0.3, 0.4) is 0 Å². The minimum atomic E-state index is -0.957. The van der Waals surface area contributed by atoms with Crippen molar-refractivity contribution in [2.24, 2.45) is 0 Å². The number of carbonyl (C=O) groups excluding carboxylic acids is 3. The molecule has 7 heteroatoms. The predicted octanol–water partition coefficient (Wildman–Crippen LogP) is 2.63. The predicted molar refractivity (Wildman–Crippen MR) is 100 cm³/mol. The van der Waals surface area contributed by atoms with Gasteiger partial charge in [0.1, 0.15) is 11.6 Å². The third-order valence-corrected chi connectivity index (χ3v) is 3.70. The summed E-state index contributed by atoms with van der Waals surface area (Å²) in [5.74, 6) is -1.54. The number of hydrogen-bond acceptors (Lipinski definition) is 6. The molecule has 0 unspecified atom stereocenters. The highest BCUT2D eigenvalue weighted by molar-refractivity contribution is 5.99. The van der Waals surface area contributed by atoms with Gasteiger partial charge in [-0.05, 0) is 39.3 Å². The van der Waals surface area contributed by atoms with E-state index in [1.54, 1.807) is 26.8 Å². The number of ether oxygens (including phenoxy) is 2. The number of methoxy groups -OCH3 is 1. The van der Waals surface area contributed by atoms with Crippen LogP contribution >= 0.6 is 0 Å².